The van der Waals surface area contributed by atoms with Crippen LogP contribution in [0.4, 0.5) is 0 Å². The summed E-state index contributed by atoms with van der Waals surface area (Å²) in [6, 6.07) is 0. The first kappa shape index (κ1) is 11.4. The number of nitrogens with two attached hydrogens (primary N) is 1. The van der Waals surface area contributed by atoms with Crippen molar-refractivity contribution in [2.24, 2.45) is 23.5 Å². The molecule has 0 radical (unpaired) electrons. The zero-order chi connectivity index (χ0) is 10.9. The van der Waals surface area contributed by atoms with E-state index in [9.17, 15) is 5.11 Å². The average molecular weight is 211 g/mol. The van der Waals surface area contributed by atoms with Gasteiger partial charge in [0.25, 0.3) is 0 Å². The maximum Gasteiger partial charge on any atom is 0.0825 e. The Labute approximate surface area is 93.2 Å². The number of hydrogen-bond acceptors (Lipinski definition) is 2. The lowest BCUT2D eigenvalue weighted by Gasteiger charge is -2.40. The first-order chi connectivity index (χ1) is 7.20. The molecule has 0 aliphatic heterocycles. The van der Waals surface area contributed by atoms with Crippen molar-refractivity contribution in [3.05, 3.63) is 0 Å². The van der Waals surface area contributed by atoms with Gasteiger partial charge in [0.1, 0.15) is 0 Å². The van der Waals surface area contributed by atoms with Gasteiger partial charge < -0.3 is 10.8 Å². The topological polar surface area (TPSA) is 46.2 Å². The molecule has 2 nitrogen and oxygen atoms in total. The van der Waals surface area contributed by atoms with Crippen LogP contribution < -0.4 is 5.73 Å². The lowest BCUT2D eigenvalue weighted by Crippen LogP contribution is -2.48. The van der Waals surface area contributed by atoms with Crippen LogP contribution in [-0.4, -0.2) is 17.3 Å². The highest BCUT2D eigenvalue weighted by molar-refractivity contribution is 5.00. The summed E-state index contributed by atoms with van der Waals surface area (Å²) >= 11 is 0. The summed E-state index contributed by atoms with van der Waals surface area (Å²) in [5, 5.41) is 10.6. The van der Waals surface area contributed by atoms with Gasteiger partial charge in [-0.3, -0.25) is 0 Å². The van der Waals surface area contributed by atoms with Crippen LogP contribution in [0, 0.1) is 17.8 Å². The number of aliphatic hydroxyl groups is 1. The van der Waals surface area contributed by atoms with E-state index < -0.39 is 5.60 Å². The molecular formula is C13H25NO. The molecule has 2 aliphatic rings. The van der Waals surface area contributed by atoms with Gasteiger partial charge in [-0.05, 0) is 43.4 Å². The zero-order valence-electron chi connectivity index (χ0n) is 9.91. The summed E-state index contributed by atoms with van der Waals surface area (Å²) in [7, 11) is 0. The lowest BCUT2D eigenvalue weighted by molar-refractivity contribution is -0.0492. The smallest absolute Gasteiger partial charge is 0.0825 e. The van der Waals surface area contributed by atoms with E-state index in [1.807, 2.05) is 0 Å². The third-order valence-electron chi connectivity index (χ3n) is 4.74. The first-order valence-corrected chi connectivity index (χ1v) is 6.63. The molecule has 88 valence electrons. The van der Waals surface area contributed by atoms with Gasteiger partial charge >= 0.3 is 0 Å². The Morgan fingerprint density at radius 2 is 1.53 bits per heavy atom. The summed E-state index contributed by atoms with van der Waals surface area (Å²) in [6.45, 7) is 2.75. The van der Waals surface area contributed by atoms with Crippen LogP contribution in [0.3, 0.4) is 0 Å². The molecule has 2 saturated carbocycles. The standard InChI is InChI=1S/C13H25NO/c1-2-10-3-5-11(6-4-10)13(15,9-14)12-7-8-12/h10-12,15H,2-9,14H2,1H3. The lowest BCUT2D eigenvalue weighted by atomic mass is 9.71. The molecule has 0 aromatic carbocycles. The highest BCUT2D eigenvalue weighted by Gasteiger charge is 2.48. The Balaban J connectivity index is 1.93. The van der Waals surface area contributed by atoms with E-state index in [4.69, 9.17) is 5.73 Å². The molecule has 3 N–H and O–H groups in total. The van der Waals surface area contributed by atoms with Gasteiger partial charge in [0, 0.05) is 6.54 Å². The maximum absolute atomic E-state index is 10.6. The molecule has 2 fully saturated rings. The fourth-order valence-electron chi connectivity index (χ4n) is 3.32. The Morgan fingerprint density at radius 1 is 1.07 bits per heavy atom. The van der Waals surface area contributed by atoms with Crippen LogP contribution in [0.25, 0.3) is 0 Å². The third-order valence-corrected chi connectivity index (χ3v) is 4.74. The highest BCUT2D eigenvalue weighted by atomic mass is 16.3. The van der Waals surface area contributed by atoms with E-state index in [0.29, 0.717) is 18.4 Å². The Morgan fingerprint density at radius 3 is 1.87 bits per heavy atom. The van der Waals surface area contributed by atoms with E-state index in [1.54, 1.807) is 0 Å². The highest BCUT2D eigenvalue weighted by Crippen LogP contribution is 2.48. The van der Waals surface area contributed by atoms with E-state index in [-0.39, 0.29) is 0 Å². The van der Waals surface area contributed by atoms with Crippen LogP contribution >= 0.6 is 0 Å². The number of rotatable bonds is 4. The summed E-state index contributed by atoms with van der Waals surface area (Å²) in [6.07, 6.45) is 8.69. The fourth-order valence-corrected chi connectivity index (χ4v) is 3.32. The van der Waals surface area contributed by atoms with Crippen molar-refractivity contribution in [2.75, 3.05) is 6.54 Å². The summed E-state index contributed by atoms with van der Waals surface area (Å²) in [5.74, 6) is 1.91. The molecule has 0 bridgehead atoms. The second kappa shape index (κ2) is 4.42. The maximum atomic E-state index is 10.6. The second-order valence-corrected chi connectivity index (χ2v) is 5.60. The molecule has 15 heavy (non-hydrogen) atoms. The minimum Gasteiger partial charge on any atom is -0.388 e. The Kier molecular flexibility index (Phi) is 3.36. The summed E-state index contributed by atoms with van der Waals surface area (Å²) < 4.78 is 0. The van der Waals surface area contributed by atoms with Crippen molar-refractivity contribution in [3.63, 3.8) is 0 Å². The largest absolute Gasteiger partial charge is 0.388 e. The molecule has 0 spiro atoms. The van der Waals surface area contributed by atoms with Crippen molar-refractivity contribution in [1.82, 2.24) is 0 Å². The molecule has 1 unspecified atom stereocenters. The fraction of sp³-hybridized carbons (Fsp3) is 1.00. The Bertz CT molecular complexity index is 207. The van der Waals surface area contributed by atoms with Crippen LogP contribution in [0.15, 0.2) is 0 Å². The van der Waals surface area contributed by atoms with Crippen molar-refractivity contribution in [1.29, 1.82) is 0 Å². The van der Waals surface area contributed by atoms with Crippen LogP contribution in [0.1, 0.15) is 51.9 Å². The minimum absolute atomic E-state index is 0.471. The van der Waals surface area contributed by atoms with E-state index in [0.717, 1.165) is 5.92 Å². The molecule has 2 rings (SSSR count). The predicted molar refractivity (Wildman–Crippen MR) is 62.5 cm³/mol. The molecule has 0 amide bonds. The molecule has 0 heterocycles. The summed E-state index contributed by atoms with van der Waals surface area (Å²) in [5.41, 5.74) is 5.28. The van der Waals surface area contributed by atoms with Crippen LogP contribution in [0.2, 0.25) is 0 Å². The monoisotopic (exact) mass is 211 g/mol. The van der Waals surface area contributed by atoms with Gasteiger partial charge in [0.15, 0.2) is 0 Å². The van der Waals surface area contributed by atoms with Gasteiger partial charge in [-0.25, -0.2) is 0 Å². The summed E-state index contributed by atoms with van der Waals surface area (Å²) in [4.78, 5) is 0. The van der Waals surface area contributed by atoms with Gasteiger partial charge in [-0.2, -0.15) is 0 Å². The first-order valence-electron chi connectivity index (χ1n) is 6.63. The van der Waals surface area contributed by atoms with Gasteiger partial charge in [0.05, 0.1) is 5.60 Å². The van der Waals surface area contributed by atoms with Gasteiger partial charge in [-0.15, -0.1) is 0 Å². The molecule has 0 saturated heterocycles. The molecule has 1 atom stereocenters. The second-order valence-electron chi connectivity index (χ2n) is 5.60. The van der Waals surface area contributed by atoms with Crippen molar-refractivity contribution >= 4 is 0 Å². The Hall–Kier alpha value is -0.0800. The molecule has 2 heteroatoms. The SMILES string of the molecule is CCC1CCC(C(O)(CN)C2CC2)CC1. The van der Waals surface area contributed by atoms with E-state index >= 15 is 0 Å². The normalized spacial score (nSPS) is 36.2. The molecule has 0 aromatic rings. The predicted octanol–water partition coefficient (Wildman–Crippen LogP) is 2.30. The quantitative estimate of drug-likeness (QED) is 0.749. The third kappa shape index (κ3) is 2.21. The van der Waals surface area contributed by atoms with Crippen LogP contribution in [0.5, 0.6) is 0 Å². The van der Waals surface area contributed by atoms with E-state index in [2.05, 4.69) is 6.92 Å². The number of hydrogen-bond donors (Lipinski definition) is 2. The molecular weight excluding hydrogens is 186 g/mol. The van der Waals surface area contributed by atoms with Crippen LogP contribution in [-0.2, 0) is 0 Å². The van der Waals surface area contributed by atoms with Crippen molar-refractivity contribution < 1.29 is 5.11 Å². The van der Waals surface area contributed by atoms with Crippen molar-refractivity contribution in [2.45, 2.75) is 57.5 Å². The molecule has 0 aromatic heterocycles. The van der Waals surface area contributed by atoms with Crippen molar-refractivity contribution in [3.8, 4) is 0 Å². The average Bonchev–Trinajstić information content (AvgIpc) is 3.12. The zero-order valence-corrected chi connectivity index (χ0v) is 9.91. The molecule has 2 aliphatic carbocycles. The van der Waals surface area contributed by atoms with E-state index in [1.165, 1.54) is 44.9 Å². The van der Waals surface area contributed by atoms with Gasteiger partial charge in [-0.1, -0.05) is 26.2 Å². The van der Waals surface area contributed by atoms with Gasteiger partial charge in [0.2, 0.25) is 0 Å². The minimum atomic E-state index is -0.515.